The minimum Gasteiger partial charge on any atom is -0.480 e. The summed E-state index contributed by atoms with van der Waals surface area (Å²) in [4.78, 5) is 57.7. The molecule has 220 valence electrons. The second kappa shape index (κ2) is 16.3. The third-order valence-electron chi connectivity index (χ3n) is 6.08. The number of fused-ring (bicyclic) bond motifs is 1. The van der Waals surface area contributed by atoms with Crippen LogP contribution < -0.4 is 33.2 Å². The van der Waals surface area contributed by atoms with Crippen molar-refractivity contribution < 1.29 is 29.4 Å². The van der Waals surface area contributed by atoms with Crippen molar-refractivity contribution in [1.29, 1.82) is 0 Å². The normalized spacial score (nSPS) is 14.0. The number of benzene rings is 1. The SMILES string of the molecule is CSCCC(N)C(=O)NC(CCCN=C(N)N)C(=O)NC(Cc1c[nH]c2ccccc12)C(=O)NC(CO)C(=O)O. The van der Waals surface area contributed by atoms with Gasteiger partial charge in [-0.1, -0.05) is 18.2 Å². The molecule has 1 heterocycles. The number of amides is 3. The van der Waals surface area contributed by atoms with Gasteiger partial charge in [-0.25, -0.2) is 4.79 Å². The second-order valence-electron chi connectivity index (χ2n) is 9.10. The highest BCUT2D eigenvalue weighted by Crippen LogP contribution is 2.19. The molecule has 2 rings (SSSR count). The molecule has 12 N–H and O–H groups in total. The molecule has 4 unspecified atom stereocenters. The van der Waals surface area contributed by atoms with Crippen molar-refractivity contribution in [2.24, 2.45) is 22.2 Å². The number of aromatic amines is 1. The van der Waals surface area contributed by atoms with E-state index in [1.54, 1.807) is 6.20 Å². The molecular weight excluding hydrogens is 540 g/mol. The number of aliphatic hydroxyl groups is 1. The molecular formula is C25H38N8O6S. The van der Waals surface area contributed by atoms with Crippen LogP contribution in [0.1, 0.15) is 24.8 Å². The van der Waals surface area contributed by atoms with Crippen molar-refractivity contribution in [1.82, 2.24) is 20.9 Å². The number of guanidine groups is 1. The van der Waals surface area contributed by atoms with Crippen LogP contribution in [0.5, 0.6) is 0 Å². The Balaban J connectivity index is 2.29. The van der Waals surface area contributed by atoms with Gasteiger partial charge < -0.3 is 48.3 Å². The summed E-state index contributed by atoms with van der Waals surface area (Å²) in [5, 5.41) is 27.0. The van der Waals surface area contributed by atoms with E-state index < -0.39 is 54.5 Å². The summed E-state index contributed by atoms with van der Waals surface area (Å²) in [6.45, 7) is -0.636. The van der Waals surface area contributed by atoms with Gasteiger partial charge >= 0.3 is 5.97 Å². The Morgan fingerprint density at radius 2 is 1.65 bits per heavy atom. The van der Waals surface area contributed by atoms with Gasteiger partial charge in [-0.2, -0.15) is 11.8 Å². The van der Waals surface area contributed by atoms with Gasteiger partial charge in [0.2, 0.25) is 17.7 Å². The van der Waals surface area contributed by atoms with Crippen LogP contribution in [0.3, 0.4) is 0 Å². The number of carboxylic acids is 1. The van der Waals surface area contributed by atoms with Crippen molar-refractivity contribution in [3.8, 4) is 0 Å². The number of nitrogens with zero attached hydrogens (tertiary/aromatic N) is 1. The highest BCUT2D eigenvalue weighted by molar-refractivity contribution is 7.98. The number of aliphatic carboxylic acids is 1. The van der Waals surface area contributed by atoms with E-state index in [4.69, 9.17) is 17.2 Å². The molecule has 0 spiro atoms. The highest BCUT2D eigenvalue weighted by Gasteiger charge is 2.30. The number of para-hydroxylation sites is 1. The summed E-state index contributed by atoms with van der Waals surface area (Å²) in [7, 11) is 0. The topological polar surface area (TPSA) is 251 Å². The largest absolute Gasteiger partial charge is 0.480 e. The quantitative estimate of drug-likeness (QED) is 0.0589. The first-order valence-electron chi connectivity index (χ1n) is 12.7. The van der Waals surface area contributed by atoms with E-state index in [0.717, 1.165) is 10.9 Å². The average Bonchev–Trinajstić information content (AvgIpc) is 3.33. The smallest absolute Gasteiger partial charge is 0.328 e. The lowest BCUT2D eigenvalue weighted by molar-refractivity contribution is -0.143. The molecule has 3 amide bonds. The molecule has 0 saturated carbocycles. The third-order valence-corrected chi connectivity index (χ3v) is 6.72. The molecule has 0 aliphatic rings. The number of hydrogen-bond acceptors (Lipinski definition) is 8. The number of carbonyl (C=O) groups is 4. The highest BCUT2D eigenvalue weighted by atomic mass is 32.2. The predicted molar refractivity (Wildman–Crippen MR) is 153 cm³/mol. The lowest BCUT2D eigenvalue weighted by Gasteiger charge is -2.25. The van der Waals surface area contributed by atoms with E-state index in [1.165, 1.54) is 11.8 Å². The van der Waals surface area contributed by atoms with Crippen LogP contribution in [0.2, 0.25) is 0 Å². The van der Waals surface area contributed by atoms with Crippen LogP contribution in [-0.4, -0.2) is 94.2 Å². The first-order chi connectivity index (χ1) is 19.1. The molecule has 4 atom stereocenters. The molecule has 2 aromatic rings. The zero-order chi connectivity index (χ0) is 29.7. The summed E-state index contributed by atoms with van der Waals surface area (Å²) in [5.41, 5.74) is 18.2. The maximum absolute atomic E-state index is 13.4. The monoisotopic (exact) mass is 578 g/mol. The Hall–Kier alpha value is -3.82. The maximum atomic E-state index is 13.4. The molecule has 0 fully saturated rings. The molecule has 0 aliphatic carbocycles. The lowest BCUT2D eigenvalue weighted by Crippen LogP contribution is -2.58. The Kier molecular flexibility index (Phi) is 13.2. The average molecular weight is 579 g/mol. The number of carbonyl (C=O) groups excluding carboxylic acids is 3. The number of carboxylic acid groups (broad SMARTS) is 1. The van der Waals surface area contributed by atoms with E-state index in [1.807, 2.05) is 30.5 Å². The van der Waals surface area contributed by atoms with E-state index in [9.17, 15) is 29.4 Å². The van der Waals surface area contributed by atoms with Gasteiger partial charge in [0.05, 0.1) is 12.6 Å². The lowest BCUT2D eigenvalue weighted by atomic mass is 10.0. The van der Waals surface area contributed by atoms with E-state index in [2.05, 4.69) is 25.9 Å². The number of nitrogens with two attached hydrogens (primary N) is 3. The predicted octanol–water partition coefficient (Wildman–Crippen LogP) is -1.62. The van der Waals surface area contributed by atoms with Gasteiger partial charge in [0, 0.05) is 30.1 Å². The molecule has 1 aromatic heterocycles. The summed E-state index contributed by atoms with van der Waals surface area (Å²) < 4.78 is 0. The third kappa shape index (κ3) is 10.1. The number of nitrogens with one attached hydrogen (secondary N) is 4. The molecule has 0 saturated heterocycles. The van der Waals surface area contributed by atoms with Crippen LogP contribution in [0.15, 0.2) is 35.5 Å². The number of aliphatic hydroxyl groups excluding tert-OH is 1. The summed E-state index contributed by atoms with van der Waals surface area (Å²) in [5.74, 6) is -2.92. The van der Waals surface area contributed by atoms with Crippen molar-refractivity contribution in [3.63, 3.8) is 0 Å². The fourth-order valence-electron chi connectivity index (χ4n) is 3.89. The summed E-state index contributed by atoms with van der Waals surface area (Å²) in [6.07, 6.45) is 4.45. The van der Waals surface area contributed by atoms with Gasteiger partial charge in [-0.3, -0.25) is 19.4 Å². The zero-order valence-electron chi connectivity index (χ0n) is 22.3. The molecule has 0 bridgehead atoms. The van der Waals surface area contributed by atoms with Gasteiger partial charge in [-0.05, 0) is 42.9 Å². The molecule has 0 radical (unpaired) electrons. The van der Waals surface area contributed by atoms with Crippen molar-refractivity contribution in [3.05, 3.63) is 36.0 Å². The first-order valence-corrected chi connectivity index (χ1v) is 14.1. The fourth-order valence-corrected chi connectivity index (χ4v) is 4.38. The number of aromatic nitrogens is 1. The van der Waals surface area contributed by atoms with Crippen molar-refractivity contribution in [2.45, 2.75) is 49.9 Å². The minimum absolute atomic E-state index is 0.00125. The van der Waals surface area contributed by atoms with Crippen molar-refractivity contribution >= 4 is 52.3 Å². The van der Waals surface area contributed by atoms with Crippen LogP contribution >= 0.6 is 11.8 Å². The molecule has 40 heavy (non-hydrogen) atoms. The summed E-state index contributed by atoms with van der Waals surface area (Å²) in [6, 6.07) is 2.63. The van der Waals surface area contributed by atoms with Crippen molar-refractivity contribution in [2.75, 3.05) is 25.2 Å². The van der Waals surface area contributed by atoms with Crippen LogP contribution in [-0.2, 0) is 25.6 Å². The van der Waals surface area contributed by atoms with E-state index in [0.29, 0.717) is 24.2 Å². The standard InChI is InChI=1S/C25H38N8O6S/c1-40-10-8-16(26)21(35)31-18(7-4-9-29-25(27)28)22(36)32-19(23(37)33-20(13-34)24(38)39)11-14-12-30-17-6-3-2-5-15(14)17/h2-3,5-6,12,16,18-20,30,34H,4,7-11,13,26H2,1H3,(H,31,35)(H,32,36)(H,33,37)(H,38,39)(H4,27,28,29). The van der Waals surface area contributed by atoms with Gasteiger partial charge in [0.25, 0.3) is 0 Å². The van der Waals surface area contributed by atoms with Gasteiger partial charge in [0.15, 0.2) is 5.96 Å². The second-order valence-corrected chi connectivity index (χ2v) is 10.1. The van der Waals surface area contributed by atoms with Gasteiger partial charge in [-0.15, -0.1) is 0 Å². The minimum atomic E-state index is -1.57. The van der Waals surface area contributed by atoms with Crippen LogP contribution in [0.25, 0.3) is 10.9 Å². The molecule has 0 aliphatic heterocycles. The van der Waals surface area contributed by atoms with E-state index >= 15 is 0 Å². The Morgan fingerprint density at radius 1 is 1.00 bits per heavy atom. The number of H-pyrrole nitrogens is 1. The number of hydrogen-bond donors (Lipinski definition) is 9. The maximum Gasteiger partial charge on any atom is 0.328 e. The number of rotatable bonds is 17. The summed E-state index contributed by atoms with van der Waals surface area (Å²) >= 11 is 1.53. The molecule has 14 nitrogen and oxygen atoms in total. The van der Waals surface area contributed by atoms with Crippen LogP contribution in [0.4, 0.5) is 0 Å². The molecule has 15 heteroatoms. The number of aliphatic imine (C=N–C) groups is 1. The van der Waals surface area contributed by atoms with Gasteiger partial charge in [0.1, 0.15) is 18.1 Å². The van der Waals surface area contributed by atoms with Crippen LogP contribution in [0, 0.1) is 0 Å². The Morgan fingerprint density at radius 3 is 2.30 bits per heavy atom. The molecule has 1 aromatic carbocycles. The van der Waals surface area contributed by atoms with E-state index in [-0.39, 0.29) is 25.3 Å². The Labute approximate surface area is 235 Å². The fraction of sp³-hybridized carbons (Fsp3) is 0.480. The number of thioether (sulfide) groups is 1. The zero-order valence-corrected chi connectivity index (χ0v) is 23.1. The Bertz CT molecular complexity index is 1190. The first kappa shape index (κ1) is 32.4.